The van der Waals surface area contributed by atoms with Gasteiger partial charge in [-0.05, 0) is 37.5 Å². The Morgan fingerprint density at radius 1 is 1.32 bits per heavy atom. The zero-order valence-electron chi connectivity index (χ0n) is 13.3. The number of nitrogens with one attached hydrogen (secondary N) is 2. The molecule has 1 atom stereocenters. The third-order valence-electron chi connectivity index (χ3n) is 2.91. The summed E-state index contributed by atoms with van der Waals surface area (Å²) in [6.45, 7) is 6.43. The Kier molecular flexibility index (Phi) is 7.67. The number of nitrogens with zero attached hydrogens (tertiary/aromatic N) is 1. The van der Waals surface area contributed by atoms with Crippen molar-refractivity contribution in [3.63, 3.8) is 0 Å². The zero-order chi connectivity index (χ0) is 16.4. The number of hydrogen-bond acceptors (Lipinski definition) is 4. The van der Waals surface area contributed by atoms with Gasteiger partial charge in [0, 0.05) is 6.04 Å². The maximum Gasteiger partial charge on any atom is 0.329 e. The Labute approximate surface area is 130 Å². The van der Waals surface area contributed by atoms with E-state index in [9.17, 15) is 9.59 Å². The molecule has 0 saturated heterocycles. The van der Waals surface area contributed by atoms with Crippen molar-refractivity contribution in [2.75, 3.05) is 6.61 Å². The molecular formula is C16H23N3O3. The van der Waals surface area contributed by atoms with Gasteiger partial charge in [-0.2, -0.15) is 5.10 Å². The molecule has 6 nitrogen and oxygen atoms in total. The molecule has 0 aliphatic carbocycles. The third-order valence-corrected chi connectivity index (χ3v) is 2.91. The summed E-state index contributed by atoms with van der Waals surface area (Å²) >= 11 is 0. The smallest absolute Gasteiger partial charge is 0.329 e. The predicted molar refractivity (Wildman–Crippen MR) is 85.9 cm³/mol. The van der Waals surface area contributed by atoms with Gasteiger partial charge in [0.1, 0.15) is 5.75 Å². The van der Waals surface area contributed by atoms with E-state index in [0.29, 0.717) is 6.61 Å². The lowest BCUT2D eigenvalue weighted by Crippen LogP contribution is -2.41. The summed E-state index contributed by atoms with van der Waals surface area (Å²) in [4.78, 5) is 23.0. The largest absolute Gasteiger partial charge is 0.494 e. The highest BCUT2D eigenvalue weighted by molar-refractivity contribution is 6.35. The van der Waals surface area contributed by atoms with Crippen molar-refractivity contribution in [3.05, 3.63) is 29.8 Å². The van der Waals surface area contributed by atoms with E-state index in [1.165, 1.54) is 6.21 Å². The molecule has 0 saturated carbocycles. The first-order chi connectivity index (χ1) is 10.6. The average Bonchev–Trinajstić information content (AvgIpc) is 2.53. The first-order valence-corrected chi connectivity index (χ1v) is 7.43. The van der Waals surface area contributed by atoms with Crippen molar-refractivity contribution in [3.8, 4) is 5.75 Å². The van der Waals surface area contributed by atoms with Crippen LogP contribution in [0, 0.1) is 0 Å². The van der Waals surface area contributed by atoms with E-state index in [1.807, 2.05) is 45.0 Å². The van der Waals surface area contributed by atoms with Crippen LogP contribution in [0.5, 0.6) is 5.75 Å². The number of carbonyl (C=O) groups is 2. The first kappa shape index (κ1) is 17.7. The molecule has 0 fully saturated rings. The standard InChI is InChI=1S/C16H23N3O3/c1-4-9-22-14-8-6-7-13(10-14)11-17-19-16(21)15(20)18-12(3)5-2/h6-8,10-12H,4-5,9H2,1-3H3,(H,18,20)(H,19,21)/b17-11-/t12-/m1/s1. The molecule has 6 heteroatoms. The molecule has 1 rings (SSSR count). The number of ether oxygens (including phenoxy) is 1. The highest BCUT2D eigenvalue weighted by atomic mass is 16.5. The summed E-state index contributed by atoms with van der Waals surface area (Å²) in [5, 5.41) is 6.34. The van der Waals surface area contributed by atoms with E-state index in [-0.39, 0.29) is 6.04 Å². The molecular weight excluding hydrogens is 282 g/mol. The quantitative estimate of drug-likeness (QED) is 0.458. The number of benzene rings is 1. The molecule has 120 valence electrons. The lowest BCUT2D eigenvalue weighted by atomic mass is 10.2. The number of carbonyl (C=O) groups excluding carboxylic acids is 2. The van der Waals surface area contributed by atoms with Crippen LogP contribution in [0.2, 0.25) is 0 Å². The van der Waals surface area contributed by atoms with Gasteiger partial charge in [0.05, 0.1) is 12.8 Å². The molecule has 0 spiro atoms. The van der Waals surface area contributed by atoms with Gasteiger partial charge < -0.3 is 10.1 Å². The maximum absolute atomic E-state index is 11.5. The molecule has 1 aromatic rings. The highest BCUT2D eigenvalue weighted by Crippen LogP contribution is 2.12. The fourth-order valence-electron chi connectivity index (χ4n) is 1.51. The van der Waals surface area contributed by atoms with Gasteiger partial charge in [0.25, 0.3) is 0 Å². The summed E-state index contributed by atoms with van der Waals surface area (Å²) in [6, 6.07) is 7.28. The summed E-state index contributed by atoms with van der Waals surface area (Å²) < 4.78 is 5.50. The van der Waals surface area contributed by atoms with E-state index in [0.717, 1.165) is 24.2 Å². The molecule has 0 aliphatic heterocycles. The van der Waals surface area contributed by atoms with Crippen LogP contribution in [0.3, 0.4) is 0 Å². The van der Waals surface area contributed by atoms with E-state index in [2.05, 4.69) is 15.8 Å². The van der Waals surface area contributed by atoms with Gasteiger partial charge in [-0.15, -0.1) is 0 Å². The van der Waals surface area contributed by atoms with Crippen LogP contribution >= 0.6 is 0 Å². The molecule has 0 aromatic heterocycles. The van der Waals surface area contributed by atoms with Crippen LogP contribution in [-0.4, -0.2) is 30.7 Å². The zero-order valence-corrected chi connectivity index (χ0v) is 13.3. The van der Waals surface area contributed by atoms with Crippen LogP contribution in [0.1, 0.15) is 39.2 Å². The maximum atomic E-state index is 11.5. The number of hydrogen-bond donors (Lipinski definition) is 2. The Morgan fingerprint density at radius 2 is 2.09 bits per heavy atom. The molecule has 2 N–H and O–H groups in total. The van der Waals surface area contributed by atoms with Crippen molar-refractivity contribution in [2.45, 2.75) is 39.7 Å². The van der Waals surface area contributed by atoms with Crippen LogP contribution in [-0.2, 0) is 9.59 Å². The van der Waals surface area contributed by atoms with Crippen molar-refractivity contribution in [1.82, 2.24) is 10.7 Å². The predicted octanol–water partition coefficient (Wildman–Crippen LogP) is 1.84. The second-order valence-electron chi connectivity index (χ2n) is 4.90. The van der Waals surface area contributed by atoms with E-state index in [4.69, 9.17) is 4.74 Å². The fourth-order valence-corrected chi connectivity index (χ4v) is 1.51. The second-order valence-corrected chi connectivity index (χ2v) is 4.90. The molecule has 0 unspecified atom stereocenters. The number of hydrazone groups is 1. The van der Waals surface area contributed by atoms with E-state index < -0.39 is 11.8 Å². The van der Waals surface area contributed by atoms with Crippen LogP contribution < -0.4 is 15.5 Å². The molecule has 0 heterocycles. The minimum absolute atomic E-state index is 0.0466. The monoisotopic (exact) mass is 305 g/mol. The average molecular weight is 305 g/mol. The fraction of sp³-hybridized carbons (Fsp3) is 0.438. The van der Waals surface area contributed by atoms with Crippen LogP contribution in [0.25, 0.3) is 0 Å². The minimum Gasteiger partial charge on any atom is -0.494 e. The van der Waals surface area contributed by atoms with Crippen molar-refractivity contribution < 1.29 is 14.3 Å². The van der Waals surface area contributed by atoms with Gasteiger partial charge in [0.2, 0.25) is 0 Å². The third kappa shape index (κ3) is 6.39. The lowest BCUT2D eigenvalue weighted by molar-refractivity contribution is -0.139. The SMILES string of the molecule is CCCOc1cccc(/C=N\NC(=O)C(=O)N[C@H](C)CC)c1. The van der Waals surface area contributed by atoms with Gasteiger partial charge in [-0.1, -0.05) is 26.0 Å². The first-order valence-electron chi connectivity index (χ1n) is 7.43. The summed E-state index contributed by atoms with van der Waals surface area (Å²) in [6.07, 6.45) is 3.15. The molecule has 1 aromatic carbocycles. The molecule has 0 radical (unpaired) electrons. The lowest BCUT2D eigenvalue weighted by Gasteiger charge is -2.09. The highest BCUT2D eigenvalue weighted by Gasteiger charge is 2.14. The molecule has 0 aliphatic rings. The molecule has 0 bridgehead atoms. The Bertz CT molecular complexity index is 529. The van der Waals surface area contributed by atoms with Crippen molar-refractivity contribution >= 4 is 18.0 Å². The van der Waals surface area contributed by atoms with Crippen LogP contribution in [0.15, 0.2) is 29.4 Å². The van der Waals surface area contributed by atoms with Gasteiger partial charge >= 0.3 is 11.8 Å². The normalized spacial score (nSPS) is 12.0. The molecule has 22 heavy (non-hydrogen) atoms. The van der Waals surface area contributed by atoms with Gasteiger partial charge in [-0.3, -0.25) is 9.59 Å². The van der Waals surface area contributed by atoms with E-state index in [1.54, 1.807) is 0 Å². The van der Waals surface area contributed by atoms with Crippen molar-refractivity contribution in [2.24, 2.45) is 5.10 Å². The molecule has 2 amide bonds. The number of rotatable bonds is 7. The summed E-state index contributed by atoms with van der Waals surface area (Å²) in [5.74, 6) is -0.729. The Hall–Kier alpha value is -2.37. The summed E-state index contributed by atoms with van der Waals surface area (Å²) in [5.41, 5.74) is 2.97. The second kappa shape index (κ2) is 9.55. The minimum atomic E-state index is -0.782. The number of amides is 2. The Morgan fingerprint density at radius 3 is 2.77 bits per heavy atom. The van der Waals surface area contributed by atoms with E-state index >= 15 is 0 Å². The van der Waals surface area contributed by atoms with Gasteiger partial charge in [0.15, 0.2) is 0 Å². The van der Waals surface area contributed by atoms with Gasteiger partial charge in [-0.25, -0.2) is 5.43 Å². The van der Waals surface area contributed by atoms with Crippen molar-refractivity contribution in [1.29, 1.82) is 0 Å². The summed E-state index contributed by atoms with van der Waals surface area (Å²) in [7, 11) is 0. The topological polar surface area (TPSA) is 79.8 Å². The Balaban J connectivity index is 2.51. The van der Waals surface area contributed by atoms with Crippen LogP contribution in [0.4, 0.5) is 0 Å².